The minimum absolute atomic E-state index is 0.0135. The van der Waals surface area contributed by atoms with E-state index in [9.17, 15) is 14.0 Å². The summed E-state index contributed by atoms with van der Waals surface area (Å²) in [7, 11) is 0. The number of esters is 1. The number of carbonyl (C=O) groups is 2. The third-order valence-electron chi connectivity index (χ3n) is 5.00. The first-order valence-electron chi connectivity index (χ1n) is 10.7. The van der Waals surface area contributed by atoms with Gasteiger partial charge in [-0.1, -0.05) is 38.0 Å². The van der Waals surface area contributed by atoms with Crippen LogP contribution in [-0.2, 0) is 9.53 Å². The molecule has 0 aliphatic heterocycles. The lowest BCUT2D eigenvalue weighted by atomic mass is 9.95. The highest BCUT2D eigenvalue weighted by Crippen LogP contribution is 2.26. The molecule has 0 spiro atoms. The molecule has 1 atom stereocenters. The second-order valence-electron chi connectivity index (χ2n) is 7.95. The molecule has 3 rings (SSSR count). The van der Waals surface area contributed by atoms with Gasteiger partial charge in [-0.2, -0.15) is 4.98 Å². The van der Waals surface area contributed by atoms with E-state index in [1.165, 1.54) is 6.07 Å². The van der Waals surface area contributed by atoms with Crippen LogP contribution < -0.4 is 16.4 Å². The molecule has 0 radical (unpaired) electrons. The Balaban J connectivity index is 1.68. The van der Waals surface area contributed by atoms with Crippen molar-refractivity contribution in [1.29, 1.82) is 0 Å². The van der Waals surface area contributed by atoms with Crippen LogP contribution in [0.25, 0.3) is 11.0 Å². The minimum Gasteiger partial charge on any atom is -0.462 e. The van der Waals surface area contributed by atoms with Gasteiger partial charge >= 0.3 is 5.97 Å². The molecule has 0 bridgehead atoms. The molecule has 0 saturated carbocycles. The average Bonchev–Trinajstić information content (AvgIpc) is 2.80. The van der Waals surface area contributed by atoms with Crippen LogP contribution in [0.15, 0.2) is 42.6 Å². The van der Waals surface area contributed by atoms with Gasteiger partial charge in [0.05, 0.1) is 17.3 Å². The summed E-state index contributed by atoms with van der Waals surface area (Å²) in [6.45, 7) is 3.68. The van der Waals surface area contributed by atoms with Gasteiger partial charge in [0, 0.05) is 11.6 Å². The predicted octanol–water partition coefficient (Wildman–Crippen LogP) is 3.08. The second-order valence-corrected chi connectivity index (χ2v) is 7.95. The molecule has 2 heterocycles. The number of fused-ring (bicyclic) bond motifs is 1. The first-order chi connectivity index (χ1) is 15.8. The Morgan fingerprint density at radius 1 is 1.21 bits per heavy atom. The van der Waals surface area contributed by atoms with E-state index in [0.29, 0.717) is 23.3 Å². The number of carbonyl (C=O) groups excluding carboxylic acids is 2. The number of nitrogens with two attached hydrogens (primary N) is 1. The smallest absolute Gasteiger partial charge is 0.325 e. The van der Waals surface area contributed by atoms with Gasteiger partial charge in [0.15, 0.2) is 5.82 Å². The quantitative estimate of drug-likeness (QED) is 0.398. The number of amides is 1. The fourth-order valence-corrected chi connectivity index (χ4v) is 3.26. The summed E-state index contributed by atoms with van der Waals surface area (Å²) < 4.78 is 19.0. The lowest BCUT2D eigenvalue weighted by Crippen LogP contribution is -2.42. The highest BCUT2D eigenvalue weighted by molar-refractivity contribution is 5.95. The number of nitrogens with zero attached hydrogens (tertiary/aromatic N) is 3. The highest BCUT2D eigenvalue weighted by Gasteiger charge is 2.28. The molecule has 3 aromatic rings. The van der Waals surface area contributed by atoms with Crippen molar-refractivity contribution in [2.45, 2.75) is 38.6 Å². The number of hydrogen-bond donors (Lipinski definition) is 3. The Labute approximate surface area is 191 Å². The van der Waals surface area contributed by atoms with Crippen molar-refractivity contribution < 1.29 is 18.7 Å². The van der Waals surface area contributed by atoms with Crippen LogP contribution >= 0.6 is 0 Å². The molecule has 0 aliphatic carbocycles. The molecule has 1 aromatic carbocycles. The second kappa shape index (κ2) is 10.7. The molecule has 9 nitrogen and oxygen atoms in total. The van der Waals surface area contributed by atoms with Gasteiger partial charge in [-0.15, -0.1) is 0 Å². The average molecular weight is 455 g/mol. The predicted molar refractivity (Wildman–Crippen MR) is 123 cm³/mol. The van der Waals surface area contributed by atoms with Crippen LogP contribution in [0.1, 0.15) is 43.5 Å². The number of aromatic nitrogens is 3. The monoisotopic (exact) mass is 454 g/mol. The lowest BCUT2D eigenvalue weighted by molar-refractivity contribution is -0.143. The van der Waals surface area contributed by atoms with Crippen LogP contribution in [0.5, 0.6) is 0 Å². The van der Waals surface area contributed by atoms with Crippen molar-refractivity contribution >= 4 is 34.7 Å². The molecule has 0 unspecified atom stereocenters. The van der Waals surface area contributed by atoms with Crippen LogP contribution in [0, 0.1) is 5.82 Å². The van der Waals surface area contributed by atoms with Crippen LogP contribution in [0.3, 0.4) is 0 Å². The number of hydrogen-bond acceptors (Lipinski definition) is 8. The number of nitrogens with one attached hydrogen (secondary N) is 2. The van der Waals surface area contributed by atoms with E-state index in [2.05, 4.69) is 25.6 Å². The summed E-state index contributed by atoms with van der Waals surface area (Å²) in [5.74, 6) is -1.18. The summed E-state index contributed by atoms with van der Waals surface area (Å²) in [6, 6.07) is 9.82. The Hall–Kier alpha value is -3.82. The summed E-state index contributed by atoms with van der Waals surface area (Å²) in [5.41, 5.74) is 6.16. The number of ether oxygens (including phenoxy) is 1. The largest absolute Gasteiger partial charge is 0.462 e. The van der Waals surface area contributed by atoms with Gasteiger partial charge < -0.3 is 21.1 Å². The van der Waals surface area contributed by atoms with Gasteiger partial charge in [-0.25, -0.2) is 14.4 Å². The third kappa shape index (κ3) is 6.58. The maximum absolute atomic E-state index is 13.6. The molecule has 174 valence electrons. The number of halogens is 1. The molecule has 4 N–H and O–H groups in total. The number of anilines is 2. The number of rotatable bonds is 10. The molecule has 2 aromatic heterocycles. The SMILES string of the molecule is CCCC[C@](C)(COC(=O)CNC(=O)c1ccccc1)Nc1nc(N)nc2cc(F)cnc12. The minimum atomic E-state index is -0.709. The molecule has 33 heavy (non-hydrogen) atoms. The van der Waals surface area contributed by atoms with Crippen LogP contribution in [-0.4, -0.2) is 45.5 Å². The molecule has 0 fully saturated rings. The van der Waals surface area contributed by atoms with Crippen molar-refractivity contribution in [2.75, 3.05) is 24.2 Å². The summed E-state index contributed by atoms with van der Waals surface area (Å²) >= 11 is 0. The summed E-state index contributed by atoms with van der Waals surface area (Å²) in [5, 5.41) is 5.81. The van der Waals surface area contributed by atoms with Crippen molar-refractivity contribution in [3.8, 4) is 0 Å². The Bertz CT molecular complexity index is 1120. The molecule has 0 aliphatic rings. The van der Waals surface area contributed by atoms with E-state index in [1.54, 1.807) is 30.3 Å². The van der Waals surface area contributed by atoms with E-state index < -0.39 is 17.3 Å². The first kappa shape index (κ1) is 23.8. The first-order valence-corrected chi connectivity index (χ1v) is 10.7. The Morgan fingerprint density at radius 2 is 1.97 bits per heavy atom. The van der Waals surface area contributed by atoms with Gasteiger partial charge in [0.25, 0.3) is 5.91 Å². The zero-order valence-corrected chi connectivity index (χ0v) is 18.6. The van der Waals surface area contributed by atoms with E-state index in [0.717, 1.165) is 19.0 Å². The Morgan fingerprint density at radius 3 is 2.70 bits per heavy atom. The van der Waals surface area contributed by atoms with Gasteiger partial charge in [-0.05, 0) is 25.5 Å². The summed E-state index contributed by atoms with van der Waals surface area (Å²) in [6.07, 6.45) is 3.51. The van der Waals surface area contributed by atoms with Gasteiger partial charge in [-0.3, -0.25) is 9.59 Å². The lowest BCUT2D eigenvalue weighted by Gasteiger charge is -2.31. The van der Waals surface area contributed by atoms with Crippen LogP contribution in [0.4, 0.5) is 16.2 Å². The van der Waals surface area contributed by atoms with E-state index in [4.69, 9.17) is 10.5 Å². The number of pyridine rings is 1. The maximum Gasteiger partial charge on any atom is 0.325 e. The van der Waals surface area contributed by atoms with E-state index in [-0.39, 0.29) is 30.5 Å². The van der Waals surface area contributed by atoms with Crippen molar-refractivity contribution in [3.05, 3.63) is 54.0 Å². The molecular weight excluding hydrogens is 427 g/mol. The van der Waals surface area contributed by atoms with E-state index in [1.807, 2.05) is 13.8 Å². The fourth-order valence-electron chi connectivity index (χ4n) is 3.26. The standard InChI is InChI=1S/C23H27FN6O3/c1-3-4-10-23(2,14-33-18(31)13-27-21(32)15-8-6-5-7-9-15)30-20-19-17(28-22(25)29-20)11-16(24)12-26-19/h5-9,11-12H,3-4,10,13-14H2,1-2H3,(H,27,32)(H3,25,28,29,30)/t23-/m1/s1. The number of unbranched alkanes of at least 4 members (excludes halogenated alkanes) is 1. The summed E-state index contributed by atoms with van der Waals surface area (Å²) in [4.78, 5) is 36.7. The molecule has 10 heteroatoms. The third-order valence-corrected chi connectivity index (χ3v) is 5.00. The Kier molecular flexibility index (Phi) is 7.70. The molecular formula is C23H27FN6O3. The number of benzene rings is 1. The molecule has 0 saturated heterocycles. The van der Waals surface area contributed by atoms with Crippen molar-refractivity contribution in [1.82, 2.24) is 20.3 Å². The maximum atomic E-state index is 13.6. The topological polar surface area (TPSA) is 132 Å². The van der Waals surface area contributed by atoms with Crippen molar-refractivity contribution in [2.24, 2.45) is 0 Å². The molecule has 1 amide bonds. The van der Waals surface area contributed by atoms with Gasteiger partial charge in [0.2, 0.25) is 5.95 Å². The normalized spacial score (nSPS) is 12.7. The van der Waals surface area contributed by atoms with Crippen molar-refractivity contribution in [3.63, 3.8) is 0 Å². The highest BCUT2D eigenvalue weighted by atomic mass is 19.1. The fraction of sp³-hybridized carbons (Fsp3) is 0.348. The van der Waals surface area contributed by atoms with Crippen LogP contribution in [0.2, 0.25) is 0 Å². The zero-order valence-electron chi connectivity index (χ0n) is 18.6. The zero-order chi connectivity index (χ0) is 23.8. The van der Waals surface area contributed by atoms with E-state index >= 15 is 0 Å². The van der Waals surface area contributed by atoms with Gasteiger partial charge in [0.1, 0.15) is 24.5 Å². The number of nitrogen functional groups attached to an aromatic ring is 1.